The minimum absolute atomic E-state index is 0.103. The van der Waals surface area contributed by atoms with Gasteiger partial charge in [-0.2, -0.15) is 0 Å². The first-order chi connectivity index (χ1) is 15.4. The number of amides is 1. The topological polar surface area (TPSA) is 61.6 Å². The van der Waals surface area contributed by atoms with Crippen LogP contribution in [0.25, 0.3) is 11.5 Å². The second-order valence-electron chi connectivity index (χ2n) is 8.35. The lowest BCUT2D eigenvalue weighted by Crippen LogP contribution is -2.45. The minimum atomic E-state index is -0.339. The van der Waals surface area contributed by atoms with Crippen molar-refractivity contribution in [2.45, 2.75) is 26.3 Å². The first-order valence-electron chi connectivity index (χ1n) is 10.9. The molecule has 1 N–H and O–H groups in total. The Bertz CT molecular complexity index is 1070. The van der Waals surface area contributed by atoms with Crippen LogP contribution < -0.4 is 10.2 Å². The van der Waals surface area contributed by atoms with E-state index >= 15 is 0 Å². The van der Waals surface area contributed by atoms with Crippen LogP contribution in [0.1, 0.15) is 30.0 Å². The third-order valence-corrected chi connectivity index (χ3v) is 5.92. The van der Waals surface area contributed by atoms with E-state index < -0.39 is 0 Å². The van der Waals surface area contributed by atoms with Gasteiger partial charge in [-0.05, 0) is 51.2 Å². The van der Waals surface area contributed by atoms with Crippen LogP contribution in [-0.4, -0.2) is 49.0 Å². The van der Waals surface area contributed by atoms with Gasteiger partial charge in [-0.1, -0.05) is 18.2 Å². The van der Waals surface area contributed by atoms with Crippen molar-refractivity contribution in [3.8, 4) is 11.5 Å². The maximum absolute atomic E-state index is 14.1. The number of nitrogens with one attached hydrogen (secondary N) is 1. The molecule has 1 atom stereocenters. The van der Waals surface area contributed by atoms with Crippen LogP contribution in [-0.2, 0) is 11.2 Å². The van der Waals surface area contributed by atoms with Gasteiger partial charge in [0.15, 0.2) is 0 Å². The van der Waals surface area contributed by atoms with Gasteiger partial charge in [0.2, 0.25) is 11.8 Å². The van der Waals surface area contributed by atoms with Crippen molar-refractivity contribution in [1.29, 1.82) is 0 Å². The summed E-state index contributed by atoms with van der Waals surface area (Å²) in [6, 6.07) is 14.1. The molecule has 0 bridgehead atoms. The predicted octanol–water partition coefficient (Wildman–Crippen LogP) is 3.96. The average molecular weight is 437 g/mol. The highest BCUT2D eigenvalue weighted by molar-refractivity contribution is 5.79. The molecule has 0 saturated carbocycles. The van der Waals surface area contributed by atoms with Gasteiger partial charge in [-0.15, -0.1) is 0 Å². The molecule has 4 rings (SSSR count). The van der Waals surface area contributed by atoms with Crippen molar-refractivity contribution in [3.63, 3.8) is 0 Å². The van der Waals surface area contributed by atoms with Crippen LogP contribution in [0.2, 0.25) is 0 Å². The lowest BCUT2D eigenvalue weighted by molar-refractivity contribution is -0.121. The number of hydrogen-bond donors (Lipinski definition) is 1. The number of halogens is 1. The second kappa shape index (κ2) is 9.53. The third-order valence-electron chi connectivity index (χ3n) is 5.92. The van der Waals surface area contributed by atoms with Gasteiger partial charge in [0.1, 0.15) is 11.6 Å². The second-order valence-corrected chi connectivity index (χ2v) is 8.35. The predicted molar refractivity (Wildman–Crippen MR) is 123 cm³/mol. The molecule has 32 heavy (non-hydrogen) atoms. The van der Waals surface area contributed by atoms with E-state index in [4.69, 9.17) is 4.42 Å². The van der Waals surface area contributed by atoms with E-state index in [-0.39, 0.29) is 24.2 Å². The van der Waals surface area contributed by atoms with Crippen molar-refractivity contribution in [1.82, 2.24) is 15.2 Å². The Morgan fingerprint density at radius 2 is 1.88 bits per heavy atom. The summed E-state index contributed by atoms with van der Waals surface area (Å²) in [7, 11) is 2.10. The zero-order chi connectivity index (χ0) is 22.7. The maximum Gasteiger partial charge on any atom is 0.226 e. The summed E-state index contributed by atoms with van der Waals surface area (Å²) < 4.78 is 19.8. The molecule has 1 aliphatic rings. The summed E-state index contributed by atoms with van der Waals surface area (Å²) in [6.45, 7) is 7.34. The average Bonchev–Trinajstić information content (AvgIpc) is 3.15. The number of rotatable bonds is 6. The molecule has 1 aliphatic heterocycles. The van der Waals surface area contributed by atoms with E-state index in [0.717, 1.165) is 43.0 Å². The van der Waals surface area contributed by atoms with E-state index in [9.17, 15) is 9.18 Å². The molecule has 1 unspecified atom stereocenters. The molecule has 1 aromatic heterocycles. The fourth-order valence-electron chi connectivity index (χ4n) is 4.03. The number of anilines is 1. The van der Waals surface area contributed by atoms with E-state index in [2.05, 4.69) is 27.1 Å². The van der Waals surface area contributed by atoms with E-state index in [1.54, 1.807) is 0 Å². The summed E-state index contributed by atoms with van der Waals surface area (Å²) in [5.74, 6) is 0.637. The molecule has 3 aromatic rings. The van der Waals surface area contributed by atoms with Gasteiger partial charge in [0.25, 0.3) is 0 Å². The number of carbonyl (C=O) groups excluding carboxylic acids is 1. The number of aromatic nitrogens is 1. The highest BCUT2D eigenvalue weighted by atomic mass is 19.1. The highest BCUT2D eigenvalue weighted by Crippen LogP contribution is 2.29. The van der Waals surface area contributed by atoms with Gasteiger partial charge >= 0.3 is 0 Å². The van der Waals surface area contributed by atoms with E-state index in [1.165, 1.54) is 12.1 Å². The number of carbonyl (C=O) groups is 1. The van der Waals surface area contributed by atoms with Crippen molar-refractivity contribution in [3.05, 3.63) is 71.4 Å². The van der Waals surface area contributed by atoms with Crippen LogP contribution in [0.15, 0.2) is 52.9 Å². The monoisotopic (exact) mass is 436 g/mol. The third kappa shape index (κ3) is 4.99. The van der Waals surface area contributed by atoms with Crippen molar-refractivity contribution < 1.29 is 13.6 Å². The Labute approximate surface area is 188 Å². The first-order valence-corrected chi connectivity index (χ1v) is 10.9. The Morgan fingerprint density at radius 3 is 2.59 bits per heavy atom. The smallest absolute Gasteiger partial charge is 0.226 e. The van der Waals surface area contributed by atoms with Crippen molar-refractivity contribution in [2.75, 3.05) is 38.1 Å². The summed E-state index contributed by atoms with van der Waals surface area (Å²) in [6.07, 6.45) is 0.103. The standard InChI is InChI=1S/C25H29FN4O2/c1-17(21-15-20(26)9-10-23(21)30-13-11-29(3)12-14-30)27-24(31)16-22-18(2)32-25(28-22)19-7-5-4-6-8-19/h4-10,15,17H,11-14,16H2,1-3H3,(H,27,31). The molecule has 6 nitrogen and oxygen atoms in total. The number of oxazole rings is 1. The lowest BCUT2D eigenvalue weighted by atomic mass is 10.0. The molecular weight excluding hydrogens is 407 g/mol. The van der Waals surface area contributed by atoms with E-state index in [0.29, 0.717) is 17.3 Å². The van der Waals surface area contributed by atoms with Gasteiger partial charge in [-0.25, -0.2) is 9.37 Å². The van der Waals surface area contributed by atoms with Crippen LogP contribution in [0.3, 0.4) is 0 Å². The molecule has 0 aliphatic carbocycles. The van der Waals surface area contributed by atoms with Crippen LogP contribution in [0, 0.1) is 12.7 Å². The van der Waals surface area contributed by atoms with Crippen LogP contribution >= 0.6 is 0 Å². The number of likely N-dealkylation sites (N-methyl/N-ethyl adjacent to an activating group) is 1. The Hall–Kier alpha value is -3.19. The Morgan fingerprint density at radius 1 is 1.16 bits per heavy atom. The molecule has 168 valence electrons. The first kappa shape index (κ1) is 22.0. The molecule has 0 spiro atoms. The molecule has 2 heterocycles. The maximum atomic E-state index is 14.1. The SMILES string of the molecule is Cc1oc(-c2ccccc2)nc1CC(=O)NC(C)c1cc(F)ccc1N1CCN(C)CC1. The molecule has 7 heteroatoms. The fourth-order valence-corrected chi connectivity index (χ4v) is 4.03. The van der Waals surface area contributed by atoms with Gasteiger partial charge < -0.3 is 19.5 Å². The van der Waals surface area contributed by atoms with Crippen LogP contribution in [0.4, 0.5) is 10.1 Å². The molecule has 1 fully saturated rings. The number of piperazine rings is 1. The van der Waals surface area contributed by atoms with Crippen LogP contribution in [0.5, 0.6) is 0 Å². The molecule has 1 amide bonds. The Balaban J connectivity index is 1.46. The Kier molecular flexibility index (Phi) is 6.55. The molecule has 1 saturated heterocycles. The lowest BCUT2D eigenvalue weighted by Gasteiger charge is -2.36. The summed E-state index contributed by atoms with van der Waals surface area (Å²) in [5.41, 5.74) is 3.22. The normalized spacial score (nSPS) is 15.6. The minimum Gasteiger partial charge on any atom is -0.441 e. The van der Waals surface area contributed by atoms with Crippen molar-refractivity contribution in [2.24, 2.45) is 0 Å². The van der Waals surface area contributed by atoms with Gasteiger partial charge in [0, 0.05) is 43.0 Å². The summed E-state index contributed by atoms with van der Waals surface area (Å²) in [5, 5.41) is 3.01. The number of hydrogen-bond acceptors (Lipinski definition) is 5. The molecular formula is C25H29FN4O2. The largest absolute Gasteiger partial charge is 0.441 e. The summed E-state index contributed by atoms with van der Waals surface area (Å²) in [4.78, 5) is 21.8. The fraction of sp³-hybridized carbons (Fsp3) is 0.360. The zero-order valence-corrected chi connectivity index (χ0v) is 18.8. The number of nitrogens with zero attached hydrogens (tertiary/aromatic N) is 3. The highest BCUT2D eigenvalue weighted by Gasteiger charge is 2.22. The number of benzene rings is 2. The van der Waals surface area contributed by atoms with Gasteiger partial charge in [0.05, 0.1) is 18.2 Å². The number of aryl methyl sites for hydroxylation is 1. The summed E-state index contributed by atoms with van der Waals surface area (Å²) >= 11 is 0. The molecule has 0 radical (unpaired) electrons. The van der Waals surface area contributed by atoms with Gasteiger partial charge in [-0.3, -0.25) is 4.79 Å². The quantitative estimate of drug-likeness (QED) is 0.634. The molecule has 2 aromatic carbocycles. The van der Waals surface area contributed by atoms with E-state index in [1.807, 2.05) is 50.2 Å². The van der Waals surface area contributed by atoms with Crippen molar-refractivity contribution >= 4 is 11.6 Å². The zero-order valence-electron chi connectivity index (χ0n) is 18.8.